The molecular weight excluding hydrogens is 208 g/mol. The molecule has 1 heterocycles. The molecule has 2 nitrogen and oxygen atoms in total. The van der Waals surface area contributed by atoms with Gasteiger partial charge in [-0.1, -0.05) is 50.1 Å². The molecule has 0 aromatic heterocycles. The fraction of sp³-hybridized carbons (Fsp3) is 0.600. The molecule has 17 heavy (non-hydrogen) atoms. The molecule has 1 N–H and O–H groups in total. The maximum absolute atomic E-state index is 3.51. The highest BCUT2D eigenvalue weighted by Crippen LogP contribution is 2.22. The second-order valence-electron chi connectivity index (χ2n) is 4.87. The molecule has 1 aromatic carbocycles. The smallest absolute Gasteiger partial charge is 0.0473 e. The SMILES string of the molecule is CCCCCN1CCNCC1c1ccccc1. The third-order valence-corrected chi connectivity index (χ3v) is 3.59. The Hall–Kier alpha value is -0.860. The largest absolute Gasteiger partial charge is 0.314 e. The molecule has 0 spiro atoms. The van der Waals surface area contributed by atoms with Gasteiger partial charge in [0, 0.05) is 25.7 Å². The summed E-state index contributed by atoms with van der Waals surface area (Å²) in [5.74, 6) is 0. The molecule has 94 valence electrons. The first-order valence-electron chi connectivity index (χ1n) is 6.91. The molecule has 2 heteroatoms. The lowest BCUT2D eigenvalue weighted by Crippen LogP contribution is -2.46. The lowest BCUT2D eigenvalue weighted by atomic mass is 10.0. The third kappa shape index (κ3) is 3.55. The van der Waals surface area contributed by atoms with Gasteiger partial charge in [0.15, 0.2) is 0 Å². The van der Waals surface area contributed by atoms with Crippen molar-refractivity contribution in [1.82, 2.24) is 10.2 Å². The molecule has 0 saturated carbocycles. The summed E-state index contributed by atoms with van der Waals surface area (Å²) in [6.07, 6.45) is 3.99. The van der Waals surface area contributed by atoms with Crippen molar-refractivity contribution in [2.75, 3.05) is 26.2 Å². The van der Waals surface area contributed by atoms with E-state index in [2.05, 4.69) is 47.5 Å². The quantitative estimate of drug-likeness (QED) is 0.785. The van der Waals surface area contributed by atoms with Crippen molar-refractivity contribution in [3.8, 4) is 0 Å². The second kappa shape index (κ2) is 6.77. The standard InChI is InChI=1S/C15H24N2/c1-2-3-7-11-17-12-10-16-13-15(17)14-8-5-4-6-9-14/h4-6,8-9,15-16H,2-3,7,10-13H2,1H3. The van der Waals surface area contributed by atoms with Crippen molar-refractivity contribution in [2.24, 2.45) is 0 Å². The highest BCUT2D eigenvalue weighted by atomic mass is 15.2. The first kappa shape index (κ1) is 12.6. The number of hydrogen-bond donors (Lipinski definition) is 1. The minimum absolute atomic E-state index is 0.571. The predicted octanol–water partition coefficient (Wildman–Crippen LogP) is 2.82. The van der Waals surface area contributed by atoms with Gasteiger partial charge < -0.3 is 5.32 Å². The Morgan fingerprint density at radius 2 is 2.06 bits per heavy atom. The molecule has 1 aliphatic rings. The van der Waals surface area contributed by atoms with E-state index in [0.29, 0.717) is 6.04 Å². The van der Waals surface area contributed by atoms with Gasteiger partial charge in [-0.3, -0.25) is 4.90 Å². The fourth-order valence-electron chi connectivity index (χ4n) is 2.58. The zero-order valence-corrected chi connectivity index (χ0v) is 10.9. The van der Waals surface area contributed by atoms with Gasteiger partial charge in [-0.05, 0) is 18.5 Å². The zero-order valence-electron chi connectivity index (χ0n) is 10.9. The molecule has 1 saturated heterocycles. The van der Waals surface area contributed by atoms with Crippen LogP contribution in [0.5, 0.6) is 0 Å². The molecule has 2 rings (SSSR count). The number of benzene rings is 1. The summed E-state index contributed by atoms with van der Waals surface area (Å²) in [5.41, 5.74) is 1.45. The zero-order chi connectivity index (χ0) is 11.9. The first-order valence-corrected chi connectivity index (χ1v) is 6.91. The highest BCUT2D eigenvalue weighted by molar-refractivity contribution is 5.20. The van der Waals surface area contributed by atoms with Crippen molar-refractivity contribution < 1.29 is 0 Å². The molecule has 1 atom stereocenters. The topological polar surface area (TPSA) is 15.3 Å². The number of nitrogens with zero attached hydrogens (tertiary/aromatic N) is 1. The average Bonchev–Trinajstić information content (AvgIpc) is 2.41. The summed E-state index contributed by atoms with van der Waals surface area (Å²) in [7, 11) is 0. The van der Waals surface area contributed by atoms with Crippen LogP contribution in [-0.2, 0) is 0 Å². The second-order valence-corrected chi connectivity index (χ2v) is 4.87. The van der Waals surface area contributed by atoms with Gasteiger partial charge in [-0.2, -0.15) is 0 Å². The Labute approximate surface area is 105 Å². The molecule has 0 bridgehead atoms. The van der Waals surface area contributed by atoms with E-state index in [9.17, 15) is 0 Å². The van der Waals surface area contributed by atoms with E-state index in [-0.39, 0.29) is 0 Å². The number of hydrogen-bond acceptors (Lipinski definition) is 2. The van der Waals surface area contributed by atoms with E-state index in [4.69, 9.17) is 0 Å². The molecule has 0 amide bonds. The lowest BCUT2D eigenvalue weighted by molar-refractivity contribution is 0.159. The molecule has 1 fully saturated rings. The monoisotopic (exact) mass is 232 g/mol. The van der Waals surface area contributed by atoms with E-state index < -0.39 is 0 Å². The summed E-state index contributed by atoms with van der Waals surface area (Å²) in [4.78, 5) is 2.64. The Morgan fingerprint density at radius 1 is 1.24 bits per heavy atom. The Balaban J connectivity index is 1.97. The average molecular weight is 232 g/mol. The van der Waals surface area contributed by atoms with Crippen molar-refractivity contribution in [3.63, 3.8) is 0 Å². The van der Waals surface area contributed by atoms with Crippen LogP contribution in [-0.4, -0.2) is 31.1 Å². The summed E-state index contributed by atoms with van der Waals surface area (Å²) >= 11 is 0. The Morgan fingerprint density at radius 3 is 2.82 bits per heavy atom. The minimum atomic E-state index is 0.571. The van der Waals surface area contributed by atoms with Crippen molar-refractivity contribution in [2.45, 2.75) is 32.2 Å². The van der Waals surface area contributed by atoms with Crippen LogP contribution in [0.4, 0.5) is 0 Å². The van der Waals surface area contributed by atoms with E-state index in [1.165, 1.54) is 37.9 Å². The van der Waals surface area contributed by atoms with E-state index in [1.807, 2.05) is 0 Å². The van der Waals surface area contributed by atoms with Crippen LogP contribution in [0.2, 0.25) is 0 Å². The number of piperazine rings is 1. The van der Waals surface area contributed by atoms with Crippen LogP contribution in [0.15, 0.2) is 30.3 Å². The summed E-state index contributed by atoms with van der Waals surface area (Å²) in [6, 6.07) is 11.5. The van der Waals surface area contributed by atoms with Crippen molar-refractivity contribution in [3.05, 3.63) is 35.9 Å². The maximum Gasteiger partial charge on any atom is 0.0473 e. The van der Waals surface area contributed by atoms with Gasteiger partial charge >= 0.3 is 0 Å². The third-order valence-electron chi connectivity index (χ3n) is 3.59. The normalized spacial score (nSPS) is 21.6. The Bertz CT molecular complexity index is 310. The molecule has 1 unspecified atom stereocenters. The van der Waals surface area contributed by atoms with Gasteiger partial charge in [0.05, 0.1) is 0 Å². The Kier molecular flexibility index (Phi) is 5.02. The molecule has 1 aliphatic heterocycles. The molecule has 1 aromatic rings. The summed E-state index contributed by atoms with van der Waals surface area (Å²) in [5, 5.41) is 3.51. The minimum Gasteiger partial charge on any atom is -0.314 e. The van der Waals surface area contributed by atoms with Gasteiger partial charge in [-0.25, -0.2) is 0 Å². The highest BCUT2D eigenvalue weighted by Gasteiger charge is 2.22. The van der Waals surface area contributed by atoms with Crippen LogP contribution in [0.1, 0.15) is 37.8 Å². The number of nitrogens with one attached hydrogen (secondary N) is 1. The van der Waals surface area contributed by atoms with Crippen LogP contribution in [0.25, 0.3) is 0 Å². The van der Waals surface area contributed by atoms with Gasteiger partial charge in [0.2, 0.25) is 0 Å². The molecule has 0 radical (unpaired) electrons. The molecule has 0 aliphatic carbocycles. The maximum atomic E-state index is 3.51. The van der Waals surface area contributed by atoms with Crippen LogP contribution < -0.4 is 5.32 Å². The van der Waals surface area contributed by atoms with Gasteiger partial charge in [0.25, 0.3) is 0 Å². The summed E-state index contributed by atoms with van der Waals surface area (Å²) in [6.45, 7) is 6.93. The van der Waals surface area contributed by atoms with E-state index >= 15 is 0 Å². The van der Waals surface area contributed by atoms with Crippen LogP contribution in [0.3, 0.4) is 0 Å². The van der Waals surface area contributed by atoms with Crippen molar-refractivity contribution >= 4 is 0 Å². The predicted molar refractivity (Wildman–Crippen MR) is 73.2 cm³/mol. The summed E-state index contributed by atoms with van der Waals surface area (Å²) < 4.78 is 0. The first-order chi connectivity index (χ1) is 8.42. The van der Waals surface area contributed by atoms with Crippen molar-refractivity contribution in [1.29, 1.82) is 0 Å². The van der Waals surface area contributed by atoms with Crippen LogP contribution in [0, 0.1) is 0 Å². The molecular formula is C15H24N2. The van der Waals surface area contributed by atoms with Gasteiger partial charge in [0.1, 0.15) is 0 Å². The van der Waals surface area contributed by atoms with Crippen LogP contribution >= 0.6 is 0 Å². The van der Waals surface area contributed by atoms with E-state index in [1.54, 1.807) is 0 Å². The van der Waals surface area contributed by atoms with Gasteiger partial charge in [-0.15, -0.1) is 0 Å². The number of unbranched alkanes of at least 4 members (excludes halogenated alkanes) is 2. The number of rotatable bonds is 5. The lowest BCUT2D eigenvalue weighted by Gasteiger charge is -2.36. The fourth-order valence-corrected chi connectivity index (χ4v) is 2.58. The van der Waals surface area contributed by atoms with E-state index in [0.717, 1.165) is 13.1 Å².